The summed E-state index contributed by atoms with van der Waals surface area (Å²) < 4.78 is 0. The van der Waals surface area contributed by atoms with Gasteiger partial charge in [0.25, 0.3) is 0 Å². The molecule has 0 amide bonds. The predicted octanol–water partition coefficient (Wildman–Crippen LogP) is 3.86. The number of hydrogen-bond donors (Lipinski definition) is 0. The first kappa shape index (κ1) is 12.5. The molecule has 0 radical (unpaired) electrons. The van der Waals surface area contributed by atoms with Gasteiger partial charge in [-0.25, -0.2) is 4.99 Å². The number of hydrogen-bond acceptors (Lipinski definition) is 2. The summed E-state index contributed by atoms with van der Waals surface area (Å²) in [5.41, 5.74) is 1.41. The van der Waals surface area contributed by atoms with Crippen LogP contribution in [0.2, 0.25) is 0 Å². The molecule has 1 atom stereocenters. The quantitative estimate of drug-likeness (QED) is 0.358. The largest absolute Gasteiger partial charge is 0.233 e. The molecule has 1 unspecified atom stereocenters. The summed E-state index contributed by atoms with van der Waals surface area (Å²) in [5.74, 6) is 0.739. The van der Waals surface area contributed by atoms with Crippen molar-refractivity contribution in [2.45, 2.75) is 40.0 Å². The molecule has 0 rings (SSSR count). The first-order valence-corrected chi connectivity index (χ1v) is 5.24. The van der Waals surface area contributed by atoms with Crippen LogP contribution in [0.25, 0.3) is 0 Å². The lowest BCUT2D eigenvalue weighted by Gasteiger charge is -2.06. The van der Waals surface area contributed by atoms with Crippen LogP contribution in [0.1, 0.15) is 40.0 Å². The lowest BCUT2D eigenvalue weighted by molar-refractivity contribution is 0.505. The van der Waals surface area contributed by atoms with Gasteiger partial charge in [0.2, 0.25) is 0 Å². The molecule has 0 saturated carbocycles. The van der Waals surface area contributed by atoms with Crippen LogP contribution >= 0.6 is 12.2 Å². The molecule has 0 aliphatic heterocycles. The number of aliphatic imine (C=N–C) groups is 1. The highest BCUT2D eigenvalue weighted by Gasteiger charge is 1.99. The zero-order chi connectivity index (χ0) is 10.1. The number of allylic oxidation sites excluding steroid dienone is 2. The van der Waals surface area contributed by atoms with Crippen molar-refractivity contribution in [3.05, 3.63) is 11.6 Å². The normalized spacial score (nSPS) is 11.6. The Kier molecular flexibility index (Phi) is 7.86. The van der Waals surface area contributed by atoms with Gasteiger partial charge in [-0.15, -0.1) is 0 Å². The Labute approximate surface area is 87.0 Å². The molecular weight excluding hydrogens is 178 g/mol. The number of thiocarbonyl (C=S) groups is 1. The Morgan fingerprint density at radius 2 is 2.15 bits per heavy atom. The van der Waals surface area contributed by atoms with Gasteiger partial charge in [0.1, 0.15) is 0 Å². The molecule has 0 spiro atoms. The standard InChI is InChI=1S/C11H19NS/c1-10(2)5-4-6-11(3)7-8-12-9-13/h5,11H,4,6-8H2,1-3H3. The smallest absolute Gasteiger partial charge is 0.0584 e. The van der Waals surface area contributed by atoms with E-state index in [2.05, 4.69) is 49.2 Å². The molecule has 0 bridgehead atoms. The molecular formula is C11H19NS. The lowest BCUT2D eigenvalue weighted by atomic mass is 10.0. The highest BCUT2D eigenvalue weighted by atomic mass is 32.1. The molecule has 0 aromatic heterocycles. The minimum absolute atomic E-state index is 0.739. The third-order valence-corrected chi connectivity index (χ3v) is 2.14. The number of nitrogens with zero attached hydrogens (tertiary/aromatic N) is 1. The highest BCUT2D eigenvalue weighted by Crippen LogP contribution is 2.11. The second-order valence-corrected chi connectivity index (χ2v) is 3.91. The molecule has 0 saturated heterocycles. The first-order valence-electron chi connectivity index (χ1n) is 4.83. The van der Waals surface area contributed by atoms with E-state index in [1.165, 1.54) is 18.4 Å². The van der Waals surface area contributed by atoms with Gasteiger partial charge < -0.3 is 0 Å². The van der Waals surface area contributed by atoms with E-state index in [4.69, 9.17) is 0 Å². The molecule has 0 fully saturated rings. The predicted molar refractivity (Wildman–Crippen MR) is 62.3 cm³/mol. The van der Waals surface area contributed by atoms with E-state index < -0.39 is 0 Å². The second kappa shape index (κ2) is 8.15. The fraction of sp³-hybridized carbons (Fsp3) is 0.727. The minimum atomic E-state index is 0.739. The van der Waals surface area contributed by atoms with Crippen LogP contribution in [0.15, 0.2) is 16.6 Å². The van der Waals surface area contributed by atoms with Crippen molar-refractivity contribution in [1.29, 1.82) is 0 Å². The lowest BCUT2D eigenvalue weighted by Crippen LogP contribution is -1.96. The van der Waals surface area contributed by atoms with Crippen molar-refractivity contribution < 1.29 is 0 Å². The molecule has 0 aromatic carbocycles. The van der Waals surface area contributed by atoms with Crippen LogP contribution in [-0.2, 0) is 0 Å². The monoisotopic (exact) mass is 197 g/mol. The zero-order valence-corrected chi connectivity index (χ0v) is 9.66. The molecule has 0 heterocycles. The van der Waals surface area contributed by atoms with Crippen molar-refractivity contribution in [3.63, 3.8) is 0 Å². The maximum absolute atomic E-state index is 4.50. The van der Waals surface area contributed by atoms with Gasteiger partial charge in [-0.1, -0.05) is 18.6 Å². The van der Waals surface area contributed by atoms with Crippen molar-refractivity contribution in [2.75, 3.05) is 6.54 Å². The van der Waals surface area contributed by atoms with Crippen LogP contribution in [0.3, 0.4) is 0 Å². The van der Waals surface area contributed by atoms with E-state index >= 15 is 0 Å². The van der Waals surface area contributed by atoms with Crippen LogP contribution in [0.4, 0.5) is 0 Å². The Morgan fingerprint density at radius 1 is 1.46 bits per heavy atom. The fourth-order valence-corrected chi connectivity index (χ4v) is 1.22. The summed E-state index contributed by atoms with van der Waals surface area (Å²) in [7, 11) is 0. The van der Waals surface area contributed by atoms with Crippen LogP contribution < -0.4 is 0 Å². The van der Waals surface area contributed by atoms with Gasteiger partial charge in [-0.05, 0) is 51.2 Å². The first-order chi connectivity index (χ1) is 6.16. The van der Waals surface area contributed by atoms with E-state index in [0.717, 1.165) is 18.9 Å². The van der Waals surface area contributed by atoms with Crippen molar-refractivity contribution in [1.82, 2.24) is 0 Å². The van der Waals surface area contributed by atoms with Gasteiger partial charge in [0.15, 0.2) is 0 Å². The van der Waals surface area contributed by atoms with E-state index in [9.17, 15) is 0 Å². The Bertz CT molecular complexity index is 198. The number of rotatable bonds is 6. The van der Waals surface area contributed by atoms with Crippen LogP contribution in [-0.4, -0.2) is 11.7 Å². The molecule has 0 aromatic rings. The molecule has 2 heteroatoms. The average molecular weight is 197 g/mol. The SMILES string of the molecule is CC(C)=CCCC(C)CCN=C=S. The van der Waals surface area contributed by atoms with E-state index in [1.807, 2.05) is 0 Å². The number of isothiocyanates is 1. The second-order valence-electron chi connectivity index (χ2n) is 3.73. The van der Waals surface area contributed by atoms with Gasteiger partial charge >= 0.3 is 0 Å². The minimum Gasteiger partial charge on any atom is -0.233 e. The topological polar surface area (TPSA) is 12.4 Å². The van der Waals surface area contributed by atoms with Crippen LogP contribution in [0.5, 0.6) is 0 Å². The maximum atomic E-state index is 4.50. The van der Waals surface area contributed by atoms with E-state index in [-0.39, 0.29) is 0 Å². The summed E-state index contributed by atoms with van der Waals surface area (Å²) in [4.78, 5) is 3.90. The third kappa shape index (κ3) is 9.45. The van der Waals surface area contributed by atoms with Crippen molar-refractivity contribution in [3.8, 4) is 0 Å². The molecule has 74 valence electrons. The summed E-state index contributed by atoms with van der Waals surface area (Å²) >= 11 is 4.50. The molecule has 13 heavy (non-hydrogen) atoms. The maximum Gasteiger partial charge on any atom is 0.0584 e. The Morgan fingerprint density at radius 3 is 2.69 bits per heavy atom. The van der Waals surface area contributed by atoms with Gasteiger partial charge in [-0.3, -0.25) is 0 Å². The van der Waals surface area contributed by atoms with Crippen molar-refractivity contribution in [2.24, 2.45) is 10.9 Å². The summed E-state index contributed by atoms with van der Waals surface area (Å²) in [6.07, 6.45) is 5.85. The Hall–Kier alpha value is -0.460. The van der Waals surface area contributed by atoms with Gasteiger partial charge in [0, 0.05) is 6.54 Å². The highest BCUT2D eigenvalue weighted by molar-refractivity contribution is 7.78. The van der Waals surface area contributed by atoms with E-state index in [1.54, 1.807) is 0 Å². The van der Waals surface area contributed by atoms with E-state index in [0.29, 0.717) is 0 Å². The molecule has 0 N–H and O–H groups in total. The summed E-state index contributed by atoms with van der Waals surface area (Å²) in [5, 5.41) is 2.39. The molecule has 0 aliphatic carbocycles. The van der Waals surface area contributed by atoms with Gasteiger partial charge in [-0.2, -0.15) is 0 Å². The third-order valence-electron chi connectivity index (χ3n) is 2.01. The average Bonchev–Trinajstić information content (AvgIpc) is 2.04. The Balaban J connectivity index is 3.45. The summed E-state index contributed by atoms with van der Waals surface area (Å²) in [6, 6.07) is 0. The zero-order valence-electron chi connectivity index (χ0n) is 8.84. The summed E-state index contributed by atoms with van der Waals surface area (Å²) in [6.45, 7) is 7.37. The van der Waals surface area contributed by atoms with Gasteiger partial charge in [0.05, 0.1) is 5.16 Å². The molecule has 0 aliphatic rings. The molecule has 1 nitrogen and oxygen atoms in total. The van der Waals surface area contributed by atoms with Crippen LogP contribution in [0, 0.1) is 5.92 Å². The van der Waals surface area contributed by atoms with Crippen molar-refractivity contribution >= 4 is 17.4 Å². The fourth-order valence-electron chi connectivity index (χ4n) is 1.13.